The minimum absolute atomic E-state index is 0.00523. The highest BCUT2D eigenvalue weighted by Gasteiger charge is 2.30. The molecule has 0 radical (unpaired) electrons. The Morgan fingerprint density at radius 2 is 1.81 bits per heavy atom. The van der Waals surface area contributed by atoms with E-state index in [-0.39, 0.29) is 16.8 Å². The Bertz CT molecular complexity index is 1170. The maximum Gasteiger partial charge on any atom is 0.257 e. The first-order chi connectivity index (χ1) is 14.8. The predicted octanol–water partition coefficient (Wildman–Crippen LogP) is 4.93. The molecule has 1 saturated heterocycles. The van der Waals surface area contributed by atoms with Crippen LogP contribution < -0.4 is 5.32 Å². The van der Waals surface area contributed by atoms with Crippen molar-refractivity contribution in [2.75, 3.05) is 11.9 Å². The second kappa shape index (κ2) is 8.90. The van der Waals surface area contributed by atoms with Gasteiger partial charge in [-0.25, -0.2) is 13.4 Å². The summed E-state index contributed by atoms with van der Waals surface area (Å²) < 4.78 is 27.5. The summed E-state index contributed by atoms with van der Waals surface area (Å²) in [6, 6.07) is 14.1. The fourth-order valence-electron chi connectivity index (χ4n) is 3.70. The molecule has 1 aromatic heterocycles. The molecule has 6 nitrogen and oxygen atoms in total. The third kappa shape index (κ3) is 4.71. The van der Waals surface area contributed by atoms with Crippen LogP contribution in [-0.2, 0) is 10.0 Å². The zero-order valence-corrected chi connectivity index (χ0v) is 19.2. The van der Waals surface area contributed by atoms with Crippen LogP contribution >= 0.6 is 11.3 Å². The van der Waals surface area contributed by atoms with Gasteiger partial charge >= 0.3 is 0 Å². The number of aryl methyl sites for hydroxylation is 1. The first kappa shape index (κ1) is 21.7. The van der Waals surface area contributed by atoms with Gasteiger partial charge in [-0.2, -0.15) is 4.31 Å². The zero-order chi connectivity index (χ0) is 22.0. The monoisotopic (exact) mass is 455 g/mol. The number of anilines is 1. The molecule has 1 fully saturated rings. The molecule has 0 aliphatic carbocycles. The Morgan fingerprint density at radius 3 is 2.48 bits per heavy atom. The van der Waals surface area contributed by atoms with Crippen molar-refractivity contribution in [1.29, 1.82) is 0 Å². The number of nitrogens with zero attached hydrogens (tertiary/aromatic N) is 2. The molecule has 1 atom stereocenters. The molecule has 31 heavy (non-hydrogen) atoms. The van der Waals surface area contributed by atoms with Crippen molar-refractivity contribution in [1.82, 2.24) is 9.29 Å². The number of rotatable bonds is 5. The number of aromatic nitrogens is 1. The largest absolute Gasteiger partial charge is 0.298 e. The average molecular weight is 456 g/mol. The number of hydrogen-bond acceptors (Lipinski definition) is 5. The fourth-order valence-corrected chi connectivity index (χ4v) is 6.11. The quantitative estimate of drug-likeness (QED) is 0.591. The first-order valence-corrected chi connectivity index (χ1v) is 12.6. The standard InChI is InChI=1S/C23H25N3O3S2/c1-16-6-8-18(9-7-16)21-15-30-23(24-21)25-22(27)19-10-12-20(13-11-19)31(28,29)26-14-4-3-5-17(26)2/h6-13,15,17H,3-5,14H2,1-2H3,(H,24,25,27)/t17-/m1/s1. The molecule has 1 aliphatic rings. The van der Waals surface area contributed by atoms with Crippen LogP contribution in [-0.4, -0.2) is 36.2 Å². The highest BCUT2D eigenvalue weighted by molar-refractivity contribution is 7.89. The lowest BCUT2D eigenvalue weighted by Gasteiger charge is -2.32. The summed E-state index contributed by atoms with van der Waals surface area (Å²) in [6.07, 6.45) is 2.80. The Kier molecular flexibility index (Phi) is 6.22. The fraction of sp³-hybridized carbons (Fsp3) is 0.304. The van der Waals surface area contributed by atoms with E-state index in [0.717, 1.165) is 30.5 Å². The molecule has 1 N–H and O–H groups in total. The third-order valence-corrected chi connectivity index (χ3v) is 8.32. The molecule has 4 rings (SSSR count). The second-order valence-corrected chi connectivity index (χ2v) is 10.6. The summed E-state index contributed by atoms with van der Waals surface area (Å²) in [5.41, 5.74) is 3.35. The topological polar surface area (TPSA) is 79.4 Å². The Balaban J connectivity index is 1.46. The molecule has 1 aliphatic heterocycles. The summed E-state index contributed by atoms with van der Waals surface area (Å²) in [5.74, 6) is -0.319. The molecule has 2 heterocycles. The number of piperidine rings is 1. The summed E-state index contributed by atoms with van der Waals surface area (Å²) in [5, 5.41) is 5.19. The Morgan fingerprint density at radius 1 is 1.10 bits per heavy atom. The maximum absolute atomic E-state index is 12.9. The van der Waals surface area contributed by atoms with Gasteiger partial charge in [0.2, 0.25) is 10.0 Å². The van der Waals surface area contributed by atoms with E-state index >= 15 is 0 Å². The normalized spacial score (nSPS) is 17.4. The van der Waals surface area contributed by atoms with Gasteiger partial charge in [0.25, 0.3) is 5.91 Å². The van der Waals surface area contributed by atoms with Crippen molar-refractivity contribution >= 4 is 32.4 Å². The summed E-state index contributed by atoms with van der Waals surface area (Å²) in [7, 11) is -3.55. The maximum atomic E-state index is 12.9. The van der Waals surface area contributed by atoms with E-state index in [1.54, 1.807) is 16.4 Å². The van der Waals surface area contributed by atoms with Crippen LogP contribution in [0.1, 0.15) is 42.1 Å². The molecule has 162 valence electrons. The molecule has 0 saturated carbocycles. The van der Waals surface area contributed by atoms with Gasteiger partial charge in [-0.1, -0.05) is 36.2 Å². The van der Waals surface area contributed by atoms with Gasteiger partial charge in [0.05, 0.1) is 10.6 Å². The van der Waals surface area contributed by atoms with Crippen molar-refractivity contribution in [3.8, 4) is 11.3 Å². The Hall–Kier alpha value is -2.55. The van der Waals surface area contributed by atoms with Gasteiger partial charge < -0.3 is 0 Å². The van der Waals surface area contributed by atoms with Crippen LogP contribution in [0.5, 0.6) is 0 Å². The van der Waals surface area contributed by atoms with Crippen LogP contribution in [0, 0.1) is 6.92 Å². The number of carbonyl (C=O) groups excluding carboxylic acids is 1. The number of thiazole rings is 1. The van der Waals surface area contributed by atoms with E-state index in [1.807, 2.05) is 43.5 Å². The molecule has 1 amide bonds. The lowest BCUT2D eigenvalue weighted by atomic mass is 10.1. The van der Waals surface area contributed by atoms with E-state index in [0.29, 0.717) is 17.2 Å². The SMILES string of the molecule is Cc1ccc(-c2csc(NC(=O)c3ccc(S(=O)(=O)N4CCCC[C@H]4C)cc3)n2)cc1. The highest BCUT2D eigenvalue weighted by atomic mass is 32.2. The predicted molar refractivity (Wildman–Crippen MR) is 124 cm³/mol. The van der Waals surface area contributed by atoms with Crippen molar-refractivity contribution < 1.29 is 13.2 Å². The van der Waals surface area contributed by atoms with Crippen LogP contribution in [0.15, 0.2) is 58.8 Å². The summed E-state index contributed by atoms with van der Waals surface area (Å²) in [6.45, 7) is 4.51. The second-order valence-electron chi connectivity index (χ2n) is 7.84. The Labute approximate surface area is 187 Å². The van der Waals surface area contributed by atoms with Gasteiger partial charge in [-0.05, 0) is 51.0 Å². The molecular weight excluding hydrogens is 430 g/mol. The minimum Gasteiger partial charge on any atom is -0.298 e. The van der Waals surface area contributed by atoms with Crippen LogP contribution in [0.4, 0.5) is 5.13 Å². The molecule has 0 spiro atoms. The van der Waals surface area contributed by atoms with E-state index < -0.39 is 10.0 Å². The van der Waals surface area contributed by atoms with Crippen molar-refractivity contribution in [3.63, 3.8) is 0 Å². The van der Waals surface area contributed by atoms with E-state index in [1.165, 1.54) is 29.0 Å². The van der Waals surface area contributed by atoms with Gasteiger partial charge in [0.15, 0.2) is 5.13 Å². The van der Waals surface area contributed by atoms with Gasteiger partial charge in [-0.3, -0.25) is 10.1 Å². The smallest absolute Gasteiger partial charge is 0.257 e. The molecule has 8 heteroatoms. The van der Waals surface area contributed by atoms with Gasteiger partial charge in [0, 0.05) is 29.1 Å². The molecule has 3 aromatic rings. The number of amides is 1. The first-order valence-electron chi connectivity index (χ1n) is 10.3. The lowest BCUT2D eigenvalue weighted by molar-refractivity contribution is 0.102. The number of sulfonamides is 1. The molecular formula is C23H25N3O3S2. The number of carbonyl (C=O) groups is 1. The van der Waals surface area contributed by atoms with Crippen LogP contribution in [0.2, 0.25) is 0 Å². The molecule has 0 bridgehead atoms. The summed E-state index contributed by atoms with van der Waals surface area (Å²) in [4.78, 5) is 17.3. The lowest BCUT2D eigenvalue weighted by Crippen LogP contribution is -2.41. The molecule has 0 unspecified atom stereocenters. The van der Waals surface area contributed by atoms with E-state index in [2.05, 4.69) is 10.3 Å². The van der Waals surface area contributed by atoms with E-state index in [4.69, 9.17) is 0 Å². The van der Waals surface area contributed by atoms with Crippen molar-refractivity contribution in [2.24, 2.45) is 0 Å². The number of nitrogens with one attached hydrogen (secondary N) is 1. The number of hydrogen-bond donors (Lipinski definition) is 1. The van der Waals surface area contributed by atoms with Gasteiger partial charge in [-0.15, -0.1) is 11.3 Å². The zero-order valence-electron chi connectivity index (χ0n) is 17.5. The number of benzene rings is 2. The summed E-state index contributed by atoms with van der Waals surface area (Å²) >= 11 is 1.35. The van der Waals surface area contributed by atoms with Crippen molar-refractivity contribution in [3.05, 3.63) is 65.0 Å². The van der Waals surface area contributed by atoms with Gasteiger partial charge in [0.1, 0.15) is 0 Å². The van der Waals surface area contributed by atoms with Crippen molar-refractivity contribution in [2.45, 2.75) is 44.0 Å². The van der Waals surface area contributed by atoms with Crippen LogP contribution in [0.3, 0.4) is 0 Å². The van der Waals surface area contributed by atoms with Crippen LogP contribution in [0.25, 0.3) is 11.3 Å². The average Bonchev–Trinajstić information content (AvgIpc) is 3.23. The minimum atomic E-state index is -3.55. The highest BCUT2D eigenvalue weighted by Crippen LogP contribution is 2.27. The van der Waals surface area contributed by atoms with E-state index in [9.17, 15) is 13.2 Å². The third-order valence-electron chi connectivity index (χ3n) is 5.54. The molecule has 2 aromatic carbocycles.